The smallest absolute Gasteiger partial charge is 0.349 e. The van der Waals surface area contributed by atoms with Gasteiger partial charge >= 0.3 is 5.63 Å². The van der Waals surface area contributed by atoms with Gasteiger partial charge in [-0.05, 0) is 50.8 Å². The van der Waals surface area contributed by atoms with Crippen molar-refractivity contribution in [2.45, 2.75) is 44.6 Å². The number of aryl methyl sites for hydroxylation is 1. The van der Waals surface area contributed by atoms with Crippen LogP contribution in [-0.2, 0) is 0 Å². The molecule has 0 radical (unpaired) electrons. The fourth-order valence-corrected chi connectivity index (χ4v) is 4.17. The summed E-state index contributed by atoms with van der Waals surface area (Å²) in [4.78, 5) is 35.9. The lowest BCUT2D eigenvalue weighted by Gasteiger charge is -2.32. The zero-order chi connectivity index (χ0) is 20.2. The van der Waals surface area contributed by atoms with E-state index in [-0.39, 0.29) is 23.4 Å². The van der Waals surface area contributed by atoms with E-state index in [0.717, 1.165) is 57.7 Å². The van der Waals surface area contributed by atoms with Crippen molar-refractivity contribution in [1.29, 1.82) is 0 Å². The van der Waals surface area contributed by atoms with Crippen LogP contribution in [0.1, 0.15) is 53.3 Å². The molecule has 154 valence electrons. The van der Waals surface area contributed by atoms with Crippen molar-refractivity contribution < 1.29 is 9.21 Å². The number of aromatic nitrogens is 2. The molecule has 0 aromatic carbocycles. The molecular formula is C21H27N5O3. The van der Waals surface area contributed by atoms with Gasteiger partial charge in [0.15, 0.2) is 0 Å². The summed E-state index contributed by atoms with van der Waals surface area (Å²) in [5, 5.41) is 6.34. The molecule has 2 aliphatic heterocycles. The molecule has 2 saturated heterocycles. The van der Waals surface area contributed by atoms with E-state index in [2.05, 4.69) is 25.5 Å². The number of nitrogens with one attached hydrogen (secondary N) is 2. The van der Waals surface area contributed by atoms with Gasteiger partial charge in [0, 0.05) is 44.0 Å². The predicted molar refractivity (Wildman–Crippen MR) is 109 cm³/mol. The zero-order valence-corrected chi connectivity index (χ0v) is 16.7. The van der Waals surface area contributed by atoms with Crippen LogP contribution in [0.4, 0.5) is 5.82 Å². The molecule has 1 unspecified atom stereocenters. The van der Waals surface area contributed by atoms with E-state index < -0.39 is 5.63 Å². The third-order valence-electron chi connectivity index (χ3n) is 5.80. The van der Waals surface area contributed by atoms with Gasteiger partial charge in [-0.15, -0.1) is 0 Å². The highest BCUT2D eigenvalue weighted by Gasteiger charge is 2.26. The first-order valence-corrected chi connectivity index (χ1v) is 10.3. The van der Waals surface area contributed by atoms with Crippen molar-refractivity contribution in [2.24, 2.45) is 0 Å². The lowest BCUT2D eigenvalue weighted by atomic mass is 9.95. The zero-order valence-electron chi connectivity index (χ0n) is 16.7. The molecule has 29 heavy (non-hydrogen) atoms. The molecule has 8 nitrogen and oxygen atoms in total. The van der Waals surface area contributed by atoms with Gasteiger partial charge in [-0.25, -0.2) is 9.78 Å². The van der Waals surface area contributed by atoms with Crippen molar-refractivity contribution in [2.75, 3.05) is 31.1 Å². The molecule has 2 aromatic rings. The van der Waals surface area contributed by atoms with Gasteiger partial charge in [0.05, 0.1) is 6.20 Å². The van der Waals surface area contributed by atoms with Gasteiger partial charge in [-0.1, -0.05) is 0 Å². The summed E-state index contributed by atoms with van der Waals surface area (Å²) >= 11 is 0. The van der Waals surface area contributed by atoms with Gasteiger partial charge in [-0.3, -0.25) is 9.78 Å². The molecule has 8 heteroatoms. The molecule has 4 heterocycles. The summed E-state index contributed by atoms with van der Waals surface area (Å²) in [6.45, 7) is 5.17. The molecule has 0 spiro atoms. The number of hydrogen-bond acceptors (Lipinski definition) is 7. The molecule has 0 bridgehead atoms. The van der Waals surface area contributed by atoms with Gasteiger partial charge in [-0.2, -0.15) is 0 Å². The van der Waals surface area contributed by atoms with Gasteiger partial charge in [0.2, 0.25) is 0 Å². The third-order valence-corrected chi connectivity index (χ3v) is 5.80. The van der Waals surface area contributed by atoms with Crippen LogP contribution < -0.4 is 21.2 Å². The van der Waals surface area contributed by atoms with Gasteiger partial charge in [0.1, 0.15) is 17.1 Å². The van der Waals surface area contributed by atoms with Crippen LogP contribution >= 0.6 is 0 Å². The second kappa shape index (κ2) is 8.73. The van der Waals surface area contributed by atoms with Crippen LogP contribution in [-0.4, -0.2) is 48.1 Å². The number of hydrogen-bond donors (Lipinski definition) is 2. The number of rotatable bonds is 4. The number of nitrogens with zero attached hydrogens (tertiary/aromatic N) is 3. The monoisotopic (exact) mass is 397 g/mol. The minimum absolute atomic E-state index is 0.0245. The normalized spacial score (nSPS) is 20.4. The molecule has 2 aliphatic rings. The summed E-state index contributed by atoms with van der Waals surface area (Å²) in [7, 11) is 0. The molecule has 2 fully saturated rings. The first-order valence-electron chi connectivity index (χ1n) is 10.3. The van der Waals surface area contributed by atoms with E-state index in [0.29, 0.717) is 11.3 Å². The average molecular weight is 397 g/mol. The number of carbonyl (C=O) groups excluding carboxylic acids is 1. The minimum Gasteiger partial charge on any atom is -0.427 e. The Kier molecular flexibility index (Phi) is 5.89. The molecular weight excluding hydrogens is 370 g/mol. The number of carbonyl (C=O) groups is 1. The molecule has 0 aliphatic carbocycles. The second-order valence-corrected chi connectivity index (χ2v) is 7.84. The Morgan fingerprint density at radius 2 is 2.10 bits per heavy atom. The summed E-state index contributed by atoms with van der Waals surface area (Å²) < 4.78 is 5.53. The van der Waals surface area contributed by atoms with Crippen molar-refractivity contribution in [3.05, 3.63) is 52.0 Å². The van der Waals surface area contributed by atoms with Gasteiger partial charge < -0.3 is 20.0 Å². The molecule has 4 rings (SSSR count). The number of piperidine rings is 2. The average Bonchev–Trinajstić information content (AvgIpc) is 2.75. The van der Waals surface area contributed by atoms with E-state index in [4.69, 9.17) is 4.42 Å². The molecule has 2 aromatic heterocycles. The Balaban J connectivity index is 1.39. The first kappa shape index (κ1) is 19.6. The Morgan fingerprint density at radius 1 is 1.28 bits per heavy atom. The number of anilines is 1. The van der Waals surface area contributed by atoms with Crippen LogP contribution in [0.25, 0.3) is 0 Å². The predicted octanol–water partition coefficient (Wildman–Crippen LogP) is 1.60. The SMILES string of the molecule is Cc1cc(C2CCCNC2)oc(=O)c1C(=O)NC1CCN(c2cnccn2)CC1. The third kappa shape index (κ3) is 4.48. The van der Waals surface area contributed by atoms with Gasteiger partial charge in [0.25, 0.3) is 5.91 Å². The highest BCUT2D eigenvalue weighted by Crippen LogP contribution is 2.24. The number of amides is 1. The maximum Gasteiger partial charge on any atom is 0.349 e. The Bertz CT molecular complexity index is 900. The highest BCUT2D eigenvalue weighted by molar-refractivity contribution is 5.95. The Hall–Kier alpha value is -2.74. The summed E-state index contributed by atoms with van der Waals surface area (Å²) in [6.07, 6.45) is 8.71. The van der Waals surface area contributed by atoms with E-state index in [1.807, 2.05) is 13.0 Å². The van der Waals surface area contributed by atoms with Crippen LogP contribution in [0, 0.1) is 6.92 Å². The fourth-order valence-electron chi connectivity index (χ4n) is 4.17. The van der Waals surface area contributed by atoms with Crippen LogP contribution in [0.2, 0.25) is 0 Å². The molecule has 1 amide bonds. The summed E-state index contributed by atoms with van der Waals surface area (Å²) in [5.74, 6) is 1.37. The first-order chi connectivity index (χ1) is 14.1. The minimum atomic E-state index is -0.542. The van der Waals surface area contributed by atoms with E-state index in [1.165, 1.54) is 0 Å². The Labute approximate surface area is 169 Å². The lowest BCUT2D eigenvalue weighted by Crippen LogP contribution is -2.46. The van der Waals surface area contributed by atoms with E-state index >= 15 is 0 Å². The second-order valence-electron chi connectivity index (χ2n) is 7.84. The van der Waals surface area contributed by atoms with Crippen LogP contribution in [0.5, 0.6) is 0 Å². The molecule has 2 N–H and O–H groups in total. The largest absolute Gasteiger partial charge is 0.427 e. The topological polar surface area (TPSA) is 100 Å². The maximum absolute atomic E-state index is 12.8. The van der Waals surface area contributed by atoms with Crippen LogP contribution in [0.3, 0.4) is 0 Å². The Morgan fingerprint density at radius 3 is 2.76 bits per heavy atom. The fraction of sp³-hybridized carbons (Fsp3) is 0.524. The molecule has 0 saturated carbocycles. The van der Waals surface area contributed by atoms with E-state index in [9.17, 15) is 9.59 Å². The van der Waals surface area contributed by atoms with E-state index in [1.54, 1.807) is 18.6 Å². The standard InChI is InChI=1S/C21H27N5O3/c1-14-11-17(15-3-2-6-22-12-15)29-21(28)19(14)20(27)25-16-4-9-26(10-5-16)18-13-23-7-8-24-18/h7-8,11,13,15-16,22H,2-6,9-10,12H2,1H3,(H,25,27). The summed E-state index contributed by atoms with van der Waals surface area (Å²) in [6, 6.07) is 1.88. The van der Waals surface area contributed by atoms with Crippen molar-refractivity contribution in [1.82, 2.24) is 20.6 Å². The van der Waals surface area contributed by atoms with Crippen molar-refractivity contribution in [3.8, 4) is 0 Å². The maximum atomic E-state index is 12.8. The van der Waals surface area contributed by atoms with Crippen molar-refractivity contribution in [3.63, 3.8) is 0 Å². The van der Waals surface area contributed by atoms with Crippen molar-refractivity contribution >= 4 is 11.7 Å². The molecule has 1 atom stereocenters. The van der Waals surface area contributed by atoms with Crippen LogP contribution in [0.15, 0.2) is 33.9 Å². The summed E-state index contributed by atoms with van der Waals surface area (Å²) in [5.41, 5.74) is 0.255. The highest BCUT2D eigenvalue weighted by atomic mass is 16.4. The lowest BCUT2D eigenvalue weighted by molar-refractivity contribution is 0.0925. The quantitative estimate of drug-likeness (QED) is 0.808.